The van der Waals surface area contributed by atoms with Crippen molar-refractivity contribution in [2.45, 2.75) is 33.3 Å². The van der Waals surface area contributed by atoms with Crippen molar-refractivity contribution < 1.29 is 34.5 Å². The van der Waals surface area contributed by atoms with Gasteiger partial charge in [-0.3, -0.25) is 4.79 Å². The average molecular weight is 447 g/mol. The van der Waals surface area contributed by atoms with Crippen molar-refractivity contribution in [1.29, 1.82) is 0 Å². The van der Waals surface area contributed by atoms with E-state index in [1.165, 1.54) is 12.1 Å². The van der Waals surface area contributed by atoms with Crippen molar-refractivity contribution >= 4 is 51.0 Å². The van der Waals surface area contributed by atoms with E-state index in [0.717, 1.165) is 21.5 Å². The predicted molar refractivity (Wildman–Crippen MR) is 113 cm³/mol. The number of esters is 1. The van der Waals surface area contributed by atoms with E-state index >= 15 is 0 Å². The number of nitrogens with two attached hydrogens (primary N) is 1. The molecule has 0 aliphatic heterocycles. The normalized spacial score (nSPS) is 11.4. The summed E-state index contributed by atoms with van der Waals surface area (Å²) in [5.74, 6) is -1.02. The average Bonchev–Trinajstić information content (AvgIpc) is 3.27. The maximum atomic E-state index is 12.8. The number of hydrogen-bond acceptors (Lipinski definition) is 8. The second kappa shape index (κ2) is 8.84. The lowest BCUT2D eigenvalue weighted by Crippen LogP contribution is -2.74. The van der Waals surface area contributed by atoms with Crippen LogP contribution < -0.4 is 10.8 Å². The Kier molecular flexibility index (Phi) is 6.39. The molecule has 2 aromatic heterocycles. The molecule has 0 saturated heterocycles. The highest BCUT2D eigenvalue weighted by Gasteiger charge is 2.26. The number of anilines is 1. The summed E-state index contributed by atoms with van der Waals surface area (Å²) in [5, 5.41) is 16.5. The maximum absolute atomic E-state index is 12.8. The monoisotopic (exact) mass is 447 g/mol. The Morgan fingerprint density at radius 1 is 1.26 bits per heavy atom. The maximum Gasteiger partial charge on any atom is 0.436 e. The largest absolute Gasteiger partial charge is 0.456 e. The number of thiophene rings is 1. The Morgan fingerprint density at radius 3 is 2.61 bits per heavy atom. The fraction of sp³-hybridized carbons (Fsp3) is 0.300. The highest BCUT2D eigenvalue weighted by atomic mass is 32.1. The van der Waals surface area contributed by atoms with Crippen molar-refractivity contribution in [3.05, 3.63) is 40.8 Å². The highest BCUT2D eigenvalue weighted by molar-refractivity contribution is 7.20. The van der Waals surface area contributed by atoms with Crippen molar-refractivity contribution in [2.24, 2.45) is 0 Å². The van der Waals surface area contributed by atoms with Gasteiger partial charge in [-0.05, 0) is 39.8 Å². The number of nitrogens with one attached hydrogen (secondary N) is 1. The molecule has 0 aliphatic rings. The van der Waals surface area contributed by atoms with Crippen molar-refractivity contribution in [2.75, 3.05) is 11.9 Å². The molecule has 0 radical (unpaired) electrons. The molecule has 0 atom stereocenters. The topological polar surface area (TPSA) is 136 Å². The number of nitrogens with zero attached hydrogens (tertiary/aromatic N) is 2. The molecule has 1 aromatic carbocycles. The van der Waals surface area contributed by atoms with Crippen LogP contribution in [0.15, 0.2) is 30.3 Å². The van der Waals surface area contributed by atoms with Crippen LogP contribution in [0.5, 0.6) is 0 Å². The first-order chi connectivity index (χ1) is 14.6. The summed E-state index contributed by atoms with van der Waals surface area (Å²) >= 11 is 1.01. The summed E-state index contributed by atoms with van der Waals surface area (Å²) in [7, 11) is 0. The molecule has 2 heterocycles. The van der Waals surface area contributed by atoms with Gasteiger partial charge in [0.2, 0.25) is 0 Å². The van der Waals surface area contributed by atoms with E-state index in [9.17, 15) is 19.6 Å². The van der Waals surface area contributed by atoms with Gasteiger partial charge in [-0.25, -0.2) is 14.8 Å². The molecule has 11 heteroatoms. The van der Waals surface area contributed by atoms with Gasteiger partial charge in [-0.15, -0.1) is 16.4 Å². The molecule has 4 N–H and O–H groups in total. The number of carbonyl (C=O) groups excluding carboxylic acids is 3. The minimum atomic E-state index is -0.741. The number of ether oxygens (including phenoxy) is 2. The second-order valence-corrected chi connectivity index (χ2v) is 8.49. The quantitative estimate of drug-likeness (QED) is 0.311. The fourth-order valence-corrected chi connectivity index (χ4v) is 3.71. The van der Waals surface area contributed by atoms with Crippen molar-refractivity contribution in [3.63, 3.8) is 0 Å². The zero-order chi connectivity index (χ0) is 22.8. The van der Waals surface area contributed by atoms with Crippen LogP contribution in [0.4, 0.5) is 16.3 Å². The Balaban J connectivity index is 2.03. The number of quaternary nitrogens is 1. The van der Waals surface area contributed by atoms with E-state index in [1.54, 1.807) is 45.9 Å². The molecule has 0 aliphatic carbocycles. The van der Waals surface area contributed by atoms with Crippen LogP contribution in [0.25, 0.3) is 10.2 Å². The molecule has 3 aromatic rings. The van der Waals surface area contributed by atoms with Gasteiger partial charge < -0.3 is 14.8 Å². The number of fused-ring (bicyclic) bond motifs is 1. The summed E-state index contributed by atoms with van der Waals surface area (Å²) in [6.45, 7) is 7.04. The Bertz CT molecular complexity index is 1140. The summed E-state index contributed by atoms with van der Waals surface area (Å²) in [6.07, 6.45) is -0.741. The van der Waals surface area contributed by atoms with E-state index in [1.807, 2.05) is 0 Å². The fourth-order valence-electron chi connectivity index (χ4n) is 2.73. The minimum Gasteiger partial charge on any atom is -0.456 e. The molecule has 0 fully saturated rings. The van der Waals surface area contributed by atoms with Gasteiger partial charge in [-0.1, -0.05) is 12.1 Å². The number of carbonyl (C=O) groups is 3. The summed E-state index contributed by atoms with van der Waals surface area (Å²) in [5.41, 5.74) is 0.668. The first-order valence-electron chi connectivity index (χ1n) is 9.45. The Morgan fingerprint density at radius 2 is 1.97 bits per heavy atom. The molecule has 1 amide bonds. The minimum absolute atomic E-state index is 0.0758. The number of hydrogen-bond donors (Lipinski definition) is 3. The third-order valence-corrected chi connectivity index (χ3v) is 5.07. The lowest BCUT2D eigenvalue weighted by Gasteiger charge is -2.18. The van der Waals surface area contributed by atoms with Gasteiger partial charge >= 0.3 is 12.1 Å². The number of amides is 1. The lowest BCUT2D eigenvalue weighted by atomic mass is 10.1. The SMILES string of the molecule is CCOC(=O)n1nc(NC(=O)c2ccccc2[NH2+]O)c2cc(C(=O)OC(C)(C)C)sc21. The van der Waals surface area contributed by atoms with Crippen LogP contribution in [0.2, 0.25) is 0 Å². The number of para-hydroxylation sites is 1. The first kappa shape index (κ1) is 22.4. The Hall–Kier alpha value is -3.28. The molecular weight excluding hydrogens is 424 g/mol. The van der Waals surface area contributed by atoms with Crippen LogP contribution in [0, 0.1) is 0 Å². The molecule has 0 spiro atoms. The third-order valence-electron chi connectivity index (χ3n) is 3.98. The van der Waals surface area contributed by atoms with Gasteiger partial charge in [0.25, 0.3) is 5.91 Å². The summed E-state index contributed by atoms with van der Waals surface area (Å²) in [4.78, 5) is 38.2. The summed E-state index contributed by atoms with van der Waals surface area (Å²) in [6, 6.07) is 7.96. The zero-order valence-corrected chi connectivity index (χ0v) is 18.3. The van der Waals surface area contributed by atoms with Crippen LogP contribution in [-0.2, 0) is 9.47 Å². The van der Waals surface area contributed by atoms with E-state index < -0.39 is 23.6 Å². The molecule has 0 saturated carbocycles. The molecule has 3 rings (SSSR count). The zero-order valence-electron chi connectivity index (χ0n) is 17.5. The molecule has 0 unspecified atom stereocenters. The lowest BCUT2D eigenvalue weighted by molar-refractivity contribution is -0.825. The molecular formula is C20H23N4O6S+. The first-order valence-corrected chi connectivity index (χ1v) is 10.3. The number of aromatic nitrogens is 2. The van der Waals surface area contributed by atoms with Crippen LogP contribution in [0.3, 0.4) is 0 Å². The molecule has 0 bridgehead atoms. The summed E-state index contributed by atoms with van der Waals surface area (Å²) < 4.78 is 11.4. The van der Waals surface area contributed by atoms with Crippen molar-refractivity contribution in [1.82, 2.24) is 9.78 Å². The molecule has 10 nitrogen and oxygen atoms in total. The van der Waals surface area contributed by atoms with E-state index in [2.05, 4.69) is 10.4 Å². The Labute approximate surface area is 181 Å². The van der Waals surface area contributed by atoms with E-state index in [0.29, 0.717) is 15.9 Å². The third kappa shape index (κ3) is 4.90. The van der Waals surface area contributed by atoms with Gasteiger partial charge in [0.15, 0.2) is 11.5 Å². The van der Waals surface area contributed by atoms with E-state index in [4.69, 9.17) is 9.47 Å². The van der Waals surface area contributed by atoms with Gasteiger partial charge in [-0.2, -0.15) is 10.2 Å². The molecule has 164 valence electrons. The van der Waals surface area contributed by atoms with Crippen LogP contribution in [0.1, 0.15) is 47.7 Å². The number of benzene rings is 1. The predicted octanol–water partition coefficient (Wildman–Crippen LogP) is 2.89. The smallest absolute Gasteiger partial charge is 0.436 e. The van der Waals surface area contributed by atoms with Gasteiger partial charge in [0.1, 0.15) is 20.9 Å². The van der Waals surface area contributed by atoms with Gasteiger partial charge in [0, 0.05) is 6.07 Å². The standard InChI is InChI=1S/C20H22N4O6S/c1-5-29-19(27)24-17-12(10-14(31-17)18(26)30-20(2,3)4)15(22-24)21-16(25)11-8-6-7-9-13(11)23-28/h6-10,23,28H,5H2,1-4H3,(H,21,22,25)/p+1. The van der Waals surface area contributed by atoms with Crippen molar-refractivity contribution in [3.8, 4) is 0 Å². The van der Waals surface area contributed by atoms with Crippen LogP contribution in [-0.4, -0.2) is 45.2 Å². The van der Waals surface area contributed by atoms with Gasteiger partial charge in [0.05, 0.1) is 12.0 Å². The second-order valence-electron chi connectivity index (χ2n) is 7.46. The highest BCUT2D eigenvalue weighted by Crippen LogP contribution is 2.33. The van der Waals surface area contributed by atoms with Crippen LogP contribution >= 0.6 is 11.3 Å². The van der Waals surface area contributed by atoms with E-state index in [-0.39, 0.29) is 22.9 Å². The number of rotatable bonds is 5. The molecule has 31 heavy (non-hydrogen) atoms.